The van der Waals surface area contributed by atoms with E-state index in [-0.39, 0.29) is 23.4 Å². The molecule has 136 valence electrons. The summed E-state index contributed by atoms with van der Waals surface area (Å²) in [4.78, 5) is 26.5. The molecule has 0 aromatic carbocycles. The molecule has 1 aliphatic heterocycles. The fourth-order valence-electron chi connectivity index (χ4n) is 3.44. The third-order valence-corrected chi connectivity index (χ3v) is 4.88. The molecule has 0 aliphatic carbocycles. The minimum atomic E-state index is -0.348. The van der Waals surface area contributed by atoms with E-state index in [4.69, 9.17) is 0 Å². The third-order valence-electron chi connectivity index (χ3n) is 4.88. The van der Waals surface area contributed by atoms with Crippen LogP contribution in [-0.4, -0.2) is 55.3 Å². The van der Waals surface area contributed by atoms with Gasteiger partial charge in [0.2, 0.25) is 0 Å². The number of nitrogens with zero attached hydrogens (tertiary/aromatic N) is 4. The summed E-state index contributed by atoms with van der Waals surface area (Å²) in [6, 6.07) is -0.0282. The highest BCUT2D eigenvalue weighted by atomic mass is 16.3. The Morgan fingerprint density at radius 2 is 2.31 bits per heavy atom. The van der Waals surface area contributed by atoms with E-state index in [1.165, 1.54) is 5.56 Å². The Morgan fingerprint density at radius 1 is 1.46 bits per heavy atom. The van der Waals surface area contributed by atoms with Crippen LogP contribution in [0, 0.1) is 6.92 Å². The highest BCUT2D eigenvalue weighted by Gasteiger charge is 2.28. The van der Waals surface area contributed by atoms with E-state index in [0.29, 0.717) is 12.2 Å². The van der Waals surface area contributed by atoms with Gasteiger partial charge >= 0.3 is 0 Å². The largest absolute Gasteiger partial charge is 0.504 e. The molecule has 0 unspecified atom stereocenters. The average Bonchev–Trinajstić information content (AvgIpc) is 3.34. The summed E-state index contributed by atoms with van der Waals surface area (Å²) in [6.07, 6.45) is 5.23. The number of aromatic nitrogens is 5. The second-order valence-electron chi connectivity index (χ2n) is 6.53. The molecule has 4 heterocycles. The number of amides is 1. The molecule has 3 aromatic heterocycles. The van der Waals surface area contributed by atoms with Crippen LogP contribution in [0.2, 0.25) is 0 Å². The number of anilines is 1. The van der Waals surface area contributed by atoms with Gasteiger partial charge in [-0.25, -0.2) is 9.97 Å². The number of carbonyl (C=O) groups is 1. The van der Waals surface area contributed by atoms with Gasteiger partial charge in [0.25, 0.3) is 5.91 Å². The molecule has 9 heteroatoms. The third kappa shape index (κ3) is 2.65. The predicted molar refractivity (Wildman–Crippen MR) is 96.3 cm³/mol. The zero-order valence-electron chi connectivity index (χ0n) is 14.7. The van der Waals surface area contributed by atoms with E-state index in [9.17, 15) is 9.90 Å². The van der Waals surface area contributed by atoms with Crippen LogP contribution in [0.1, 0.15) is 35.1 Å². The first-order chi connectivity index (χ1) is 12.6. The number of hydrogen-bond donors (Lipinski definition) is 4. The summed E-state index contributed by atoms with van der Waals surface area (Å²) in [7, 11) is 0. The summed E-state index contributed by atoms with van der Waals surface area (Å²) in [5, 5.41) is 20.3. The summed E-state index contributed by atoms with van der Waals surface area (Å²) in [5.74, 6) is 0.443. The van der Waals surface area contributed by atoms with Crippen LogP contribution in [-0.2, 0) is 6.42 Å². The van der Waals surface area contributed by atoms with Crippen molar-refractivity contribution in [2.45, 2.75) is 32.7 Å². The van der Waals surface area contributed by atoms with Gasteiger partial charge in [0.15, 0.2) is 11.4 Å². The summed E-state index contributed by atoms with van der Waals surface area (Å²) < 4.78 is 0. The summed E-state index contributed by atoms with van der Waals surface area (Å²) in [5.41, 5.74) is 2.52. The lowest BCUT2D eigenvalue weighted by Crippen LogP contribution is -2.37. The van der Waals surface area contributed by atoms with Crippen LogP contribution in [0.25, 0.3) is 11.0 Å². The van der Waals surface area contributed by atoms with Crippen LogP contribution < -0.4 is 10.2 Å². The van der Waals surface area contributed by atoms with Gasteiger partial charge in [-0.15, -0.1) is 0 Å². The topological polar surface area (TPSA) is 123 Å². The lowest BCUT2D eigenvalue weighted by Gasteiger charge is -2.19. The molecule has 0 radical (unpaired) electrons. The Bertz CT molecular complexity index is 961. The standard InChI is InChI=1S/C17H21N7O2/c1-3-10-6-18-15-12(10)16(20-8-19-15)24-5-4-11(7-24)21-17(26)13-14(25)9(2)22-23-13/h6,8,11,25H,3-5,7H2,1-2H3,(H,21,26)(H,22,23)(H,18,19,20)/t11-/m1/s1. The molecule has 4 rings (SSSR count). The van der Waals surface area contributed by atoms with E-state index >= 15 is 0 Å². The van der Waals surface area contributed by atoms with Crippen LogP contribution in [0.5, 0.6) is 5.75 Å². The molecule has 0 spiro atoms. The number of aryl methyl sites for hydroxylation is 2. The number of aromatic hydroxyl groups is 1. The molecule has 1 atom stereocenters. The fraction of sp³-hybridized carbons (Fsp3) is 0.412. The Morgan fingerprint density at radius 3 is 3.04 bits per heavy atom. The van der Waals surface area contributed by atoms with Gasteiger partial charge in [-0.05, 0) is 25.3 Å². The Balaban J connectivity index is 1.52. The van der Waals surface area contributed by atoms with E-state index in [0.717, 1.165) is 36.2 Å². The minimum absolute atomic E-state index is 0.0282. The summed E-state index contributed by atoms with van der Waals surface area (Å²) in [6.45, 7) is 5.19. The van der Waals surface area contributed by atoms with Crippen LogP contribution in [0.3, 0.4) is 0 Å². The minimum Gasteiger partial charge on any atom is -0.504 e. The zero-order valence-corrected chi connectivity index (χ0v) is 14.7. The van der Waals surface area contributed by atoms with Crippen molar-refractivity contribution in [3.8, 4) is 5.75 Å². The highest BCUT2D eigenvalue weighted by molar-refractivity contribution is 5.95. The normalized spacial score (nSPS) is 17.2. The molecule has 0 bridgehead atoms. The number of nitrogens with one attached hydrogen (secondary N) is 3. The van der Waals surface area contributed by atoms with Crippen molar-refractivity contribution in [2.75, 3.05) is 18.0 Å². The number of H-pyrrole nitrogens is 2. The Labute approximate surface area is 149 Å². The van der Waals surface area contributed by atoms with Crippen LogP contribution >= 0.6 is 0 Å². The van der Waals surface area contributed by atoms with Gasteiger partial charge in [0.1, 0.15) is 23.5 Å². The first-order valence-electron chi connectivity index (χ1n) is 8.69. The van der Waals surface area contributed by atoms with Gasteiger partial charge in [0.05, 0.1) is 5.39 Å². The van der Waals surface area contributed by atoms with Crippen LogP contribution in [0.4, 0.5) is 5.82 Å². The van der Waals surface area contributed by atoms with Gasteiger partial charge in [-0.1, -0.05) is 6.92 Å². The second kappa shape index (κ2) is 6.32. The molecular weight excluding hydrogens is 334 g/mol. The molecule has 4 N–H and O–H groups in total. The average molecular weight is 355 g/mol. The maximum absolute atomic E-state index is 12.4. The number of aromatic amines is 2. The molecule has 1 fully saturated rings. The molecule has 1 amide bonds. The Hall–Kier alpha value is -3.10. The highest BCUT2D eigenvalue weighted by Crippen LogP contribution is 2.29. The molecule has 3 aromatic rings. The molecule has 9 nitrogen and oxygen atoms in total. The number of fused-ring (bicyclic) bond motifs is 1. The van der Waals surface area contributed by atoms with Gasteiger partial charge < -0.3 is 20.3 Å². The monoisotopic (exact) mass is 355 g/mol. The quantitative estimate of drug-likeness (QED) is 0.559. The van der Waals surface area contributed by atoms with Gasteiger partial charge in [-0.3, -0.25) is 9.89 Å². The van der Waals surface area contributed by atoms with E-state index in [1.807, 2.05) is 6.20 Å². The molecule has 1 saturated heterocycles. The van der Waals surface area contributed by atoms with Crippen molar-refractivity contribution in [1.82, 2.24) is 30.5 Å². The number of rotatable bonds is 4. The van der Waals surface area contributed by atoms with Crippen molar-refractivity contribution in [2.24, 2.45) is 0 Å². The zero-order chi connectivity index (χ0) is 18.3. The SMILES string of the molecule is CCc1c[nH]c2ncnc(N3CC[C@@H](NC(=O)c4[nH]nc(C)c4O)C3)c12. The van der Waals surface area contributed by atoms with Crippen molar-refractivity contribution in [3.05, 3.63) is 29.5 Å². The van der Waals surface area contributed by atoms with Crippen molar-refractivity contribution >= 4 is 22.8 Å². The van der Waals surface area contributed by atoms with E-state index < -0.39 is 0 Å². The molecular formula is C17H21N7O2. The van der Waals surface area contributed by atoms with E-state index in [1.54, 1.807) is 13.3 Å². The van der Waals surface area contributed by atoms with Crippen LogP contribution in [0.15, 0.2) is 12.5 Å². The lowest BCUT2D eigenvalue weighted by molar-refractivity contribution is 0.0932. The summed E-state index contributed by atoms with van der Waals surface area (Å²) >= 11 is 0. The van der Waals surface area contributed by atoms with Gasteiger partial charge in [-0.2, -0.15) is 5.10 Å². The van der Waals surface area contributed by atoms with Crippen molar-refractivity contribution in [1.29, 1.82) is 0 Å². The predicted octanol–water partition coefficient (Wildman–Crippen LogP) is 1.27. The lowest BCUT2D eigenvalue weighted by atomic mass is 10.2. The van der Waals surface area contributed by atoms with Crippen molar-refractivity contribution in [3.63, 3.8) is 0 Å². The molecule has 1 aliphatic rings. The number of carbonyl (C=O) groups excluding carboxylic acids is 1. The first-order valence-corrected chi connectivity index (χ1v) is 8.69. The van der Waals surface area contributed by atoms with Crippen molar-refractivity contribution < 1.29 is 9.90 Å². The molecule has 26 heavy (non-hydrogen) atoms. The van der Waals surface area contributed by atoms with Gasteiger partial charge in [0, 0.05) is 25.3 Å². The maximum atomic E-state index is 12.4. The molecule has 0 saturated carbocycles. The van der Waals surface area contributed by atoms with E-state index in [2.05, 4.69) is 42.3 Å². The smallest absolute Gasteiger partial charge is 0.273 e. The maximum Gasteiger partial charge on any atom is 0.273 e. The second-order valence-corrected chi connectivity index (χ2v) is 6.53. The Kier molecular flexibility index (Phi) is 3.98. The number of hydrogen-bond acceptors (Lipinski definition) is 6. The fourth-order valence-corrected chi connectivity index (χ4v) is 3.44. The first kappa shape index (κ1) is 16.4.